The van der Waals surface area contributed by atoms with E-state index in [1.54, 1.807) is 0 Å². The highest BCUT2D eigenvalue weighted by molar-refractivity contribution is 8.14. The number of halogens is 1. The molecule has 0 rings (SSSR count). The van der Waals surface area contributed by atoms with Crippen LogP contribution in [0.4, 0.5) is 0 Å². The molecule has 0 aliphatic heterocycles. The van der Waals surface area contributed by atoms with Crippen LogP contribution in [0.5, 0.6) is 0 Å². The number of amides is 1. The van der Waals surface area contributed by atoms with Crippen molar-refractivity contribution >= 4 is 25.6 Å². The van der Waals surface area contributed by atoms with Crippen LogP contribution in [0.15, 0.2) is 0 Å². The van der Waals surface area contributed by atoms with Crippen molar-refractivity contribution in [3.63, 3.8) is 0 Å². The van der Waals surface area contributed by atoms with Gasteiger partial charge in [-0.25, -0.2) is 8.42 Å². The lowest BCUT2D eigenvalue weighted by atomic mass is 10.6. The van der Waals surface area contributed by atoms with Gasteiger partial charge in [0, 0.05) is 24.8 Å². The van der Waals surface area contributed by atoms with E-state index in [0.717, 1.165) is 7.11 Å². The molecule has 0 fully saturated rings. The van der Waals surface area contributed by atoms with Crippen molar-refractivity contribution < 1.29 is 17.9 Å². The van der Waals surface area contributed by atoms with Gasteiger partial charge in [0.25, 0.3) is 20.4 Å². The Hall–Kier alpha value is -0.330. The lowest BCUT2D eigenvalue weighted by Crippen LogP contribution is -2.37. The number of nitrogens with one attached hydrogen (secondary N) is 1. The fourth-order valence-corrected chi connectivity index (χ4v) is 1.53. The third kappa shape index (κ3) is 3.04. The van der Waals surface area contributed by atoms with Crippen molar-refractivity contribution in [3.8, 4) is 0 Å². The summed E-state index contributed by atoms with van der Waals surface area (Å²) >= 11 is 0. The topological polar surface area (TPSA) is 72.5 Å². The Morgan fingerprint density at radius 1 is 1.64 bits per heavy atom. The molecular weight excluding hydrogens is 194 g/mol. The van der Waals surface area contributed by atoms with Crippen LogP contribution in [0.1, 0.15) is 0 Å². The molecule has 1 N–H and O–H groups in total. The predicted octanol–water partition coefficient (Wildman–Crippen LogP) is -0.727. The maximum absolute atomic E-state index is 10.7. The van der Waals surface area contributed by atoms with Gasteiger partial charge in [-0.3, -0.25) is 4.79 Å². The van der Waals surface area contributed by atoms with Gasteiger partial charge in [-0.05, 0) is 0 Å². The molecule has 0 aromatic carbocycles. The molecule has 0 bridgehead atoms. The summed E-state index contributed by atoms with van der Waals surface area (Å²) < 4.78 is 25.4. The maximum atomic E-state index is 10.7. The summed E-state index contributed by atoms with van der Waals surface area (Å²) in [5.41, 5.74) is -1.63. The van der Waals surface area contributed by atoms with E-state index in [0.29, 0.717) is 0 Å². The smallest absolute Gasteiger partial charge is 0.268 e. The van der Waals surface area contributed by atoms with Crippen LogP contribution in [0.25, 0.3) is 0 Å². The Morgan fingerprint density at radius 3 is 2.18 bits per heavy atom. The van der Waals surface area contributed by atoms with E-state index >= 15 is 0 Å². The van der Waals surface area contributed by atoms with Gasteiger partial charge in [0.15, 0.2) is 0 Å². The SMILES string of the molecule is CNC(=O)C(OC)S(=O)(=O)Cl. The van der Waals surface area contributed by atoms with Gasteiger partial charge < -0.3 is 10.1 Å². The molecule has 11 heavy (non-hydrogen) atoms. The number of rotatable bonds is 3. The average Bonchev–Trinajstić information content (AvgIpc) is 1.86. The van der Waals surface area contributed by atoms with E-state index in [4.69, 9.17) is 10.7 Å². The van der Waals surface area contributed by atoms with Gasteiger partial charge in [-0.2, -0.15) is 0 Å². The molecule has 0 aromatic rings. The molecule has 1 atom stereocenters. The first-order valence-electron chi connectivity index (χ1n) is 2.61. The number of carbonyl (C=O) groups is 1. The van der Waals surface area contributed by atoms with Crippen molar-refractivity contribution in [1.29, 1.82) is 0 Å². The Labute approximate surface area is 69.1 Å². The first-order chi connectivity index (χ1) is 4.93. The van der Waals surface area contributed by atoms with Gasteiger partial charge in [-0.1, -0.05) is 0 Å². The molecule has 0 aliphatic carbocycles. The van der Waals surface area contributed by atoms with Crippen molar-refractivity contribution in [2.75, 3.05) is 14.2 Å². The third-order valence-electron chi connectivity index (χ3n) is 0.930. The quantitative estimate of drug-likeness (QED) is 0.612. The first kappa shape index (κ1) is 10.7. The number of likely N-dealkylation sites (N-methyl/N-ethyl adjacent to an activating group) is 1. The van der Waals surface area contributed by atoms with Crippen LogP contribution in [0.2, 0.25) is 0 Å². The van der Waals surface area contributed by atoms with E-state index in [-0.39, 0.29) is 0 Å². The highest BCUT2D eigenvalue weighted by Gasteiger charge is 2.29. The summed E-state index contributed by atoms with van der Waals surface area (Å²) in [5.74, 6) is -0.789. The number of ether oxygens (including phenoxy) is 1. The number of carbonyl (C=O) groups excluding carboxylic acids is 1. The van der Waals surface area contributed by atoms with Gasteiger partial charge in [-0.15, -0.1) is 0 Å². The maximum Gasteiger partial charge on any atom is 0.268 e. The summed E-state index contributed by atoms with van der Waals surface area (Å²) in [6, 6.07) is 0. The van der Waals surface area contributed by atoms with Crippen molar-refractivity contribution in [2.24, 2.45) is 0 Å². The highest BCUT2D eigenvalue weighted by atomic mass is 35.7. The summed E-state index contributed by atoms with van der Waals surface area (Å²) in [4.78, 5) is 10.7. The van der Waals surface area contributed by atoms with E-state index in [2.05, 4.69) is 10.1 Å². The second-order valence-corrected chi connectivity index (χ2v) is 4.33. The van der Waals surface area contributed by atoms with E-state index in [1.165, 1.54) is 7.05 Å². The molecule has 0 aromatic heterocycles. The zero-order valence-corrected chi connectivity index (χ0v) is 7.57. The van der Waals surface area contributed by atoms with Crippen LogP contribution >= 0.6 is 10.7 Å². The van der Waals surface area contributed by atoms with Crippen molar-refractivity contribution in [1.82, 2.24) is 5.32 Å². The predicted molar refractivity (Wildman–Crippen MR) is 39.6 cm³/mol. The van der Waals surface area contributed by atoms with Crippen molar-refractivity contribution in [3.05, 3.63) is 0 Å². The molecule has 0 saturated carbocycles. The normalized spacial score (nSPS) is 14.1. The zero-order chi connectivity index (χ0) is 9.07. The van der Waals surface area contributed by atoms with Crippen LogP contribution < -0.4 is 5.32 Å². The van der Waals surface area contributed by atoms with Crippen LogP contribution in [0, 0.1) is 0 Å². The molecule has 0 heterocycles. The zero-order valence-electron chi connectivity index (χ0n) is 6.00. The van der Waals surface area contributed by atoms with Crippen molar-refractivity contribution in [2.45, 2.75) is 5.44 Å². The minimum absolute atomic E-state index is 0.789. The Bertz CT molecular complexity index is 236. The van der Waals surface area contributed by atoms with Crippen LogP contribution in [-0.2, 0) is 18.6 Å². The van der Waals surface area contributed by atoms with E-state index in [1.807, 2.05) is 0 Å². The monoisotopic (exact) mass is 201 g/mol. The first-order valence-corrected chi connectivity index (χ1v) is 4.98. The van der Waals surface area contributed by atoms with Gasteiger partial charge >= 0.3 is 0 Å². The fourth-order valence-electron chi connectivity index (χ4n) is 0.468. The second-order valence-electron chi connectivity index (χ2n) is 1.66. The molecule has 1 amide bonds. The van der Waals surface area contributed by atoms with Gasteiger partial charge in [0.1, 0.15) is 0 Å². The lowest BCUT2D eigenvalue weighted by molar-refractivity contribution is -0.126. The van der Waals surface area contributed by atoms with E-state index in [9.17, 15) is 13.2 Å². The average molecular weight is 202 g/mol. The minimum Gasteiger partial charge on any atom is -0.356 e. The summed E-state index contributed by atoms with van der Waals surface area (Å²) in [6.07, 6.45) is 0. The Kier molecular flexibility index (Phi) is 3.77. The second kappa shape index (κ2) is 3.89. The molecule has 1 unspecified atom stereocenters. The summed E-state index contributed by atoms with van der Waals surface area (Å²) in [7, 11) is 3.24. The van der Waals surface area contributed by atoms with Crippen LogP contribution in [-0.4, -0.2) is 33.9 Å². The molecule has 0 radical (unpaired) electrons. The molecule has 66 valence electrons. The summed E-state index contributed by atoms with van der Waals surface area (Å²) in [6.45, 7) is 0. The molecule has 0 aliphatic rings. The van der Waals surface area contributed by atoms with Gasteiger partial charge in [0.05, 0.1) is 0 Å². The van der Waals surface area contributed by atoms with E-state index < -0.39 is 20.4 Å². The molecule has 5 nitrogen and oxygen atoms in total. The lowest BCUT2D eigenvalue weighted by Gasteiger charge is -2.08. The Balaban J connectivity index is 4.56. The number of methoxy groups -OCH3 is 1. The largest absolute Gasteiger partial charge is 0.356 e. The molecular formula is C4H8ClNO4S. The summed E-state index contributed by atoms with van der Waals surface area (Å²) in [5, 5.41) is 2.09. The number of hydrogen-bond donors (Lipinski definition) is 1. The fraction of sp³-hybridized carbons (Fsp3) is 0.750. The molecule has 0 spiro atoms. The van der Waals surface area contributed by atoms with Gasteiger partial charge in [0.2, 0.25) is 0 Å². The molecule has 0 saturated heterocycles. The minimum atomic E-state index is -3.99. The highest BCUT2D eigenvalue weighted by Crippen LogP contribution is 2.07. The standard InChI is InChI=1S/C4H8ClNO4S/c1-6-3(7)4(10-2)11(5,8)9/h4H,1-2H3,(H,6,7). The molecule has 7 heteroatoms. The Morgan fingerprint density at radius 2 is 2.09 bits per heavy atom. The third-order valence-corrected chi connectivity index (χ3v) is 2.33. The van der Waals surface area contributed by atoms with Crippen LogP contribution in [0.3, 0.4) is 0 Å². The number of hydrogen-bond acceptors (Lipinski definition) is 4.